The molecular weight excluding hydrogens is 256 g/mol. The predicted octanol–water partition coefficient (Wildman–Crippen LogP) is 2.90. The first kappa shape index (κ1) is 12.7. The molecule has 1 aromatic carbocycles. The third kappa shape index (κ3) is 1.89. The molecule has 1 aliphatic heterocycles. The van der Waals surface area contributed by atoms with Crippen molar-refractivity contribution in [1.82, 2.24) is 0 Å². The standard InChI is InChI=1S/C12H12ClN2O3/c1-12(2)5-7-4-9(15(16)17-3)10(13)8(6-14)11(7)18-12/h4H,5H2,1-3H3/q+1. The molecule has 0 spiro atoms. The average molecular weight is 268 g/mol. The maximum atomic E-state index is 11.5. The molecule has 6 heteroatoms. The lowest BCUT2D eigenvalue weighted by Gasteiger charge is -2.17. The van der Waals surface area contributed by atoms with Gasteiger partial charge in [-0.15, -0.1) is 0 Å². The van der Waals surface area contributed by atoms with Crippen molar-refractivity contribution in [2.45, 2.75) is 25.9 Å². The zero-order valence-corrected chi connectivity index (χ0v) is 11.0. The summed E-state index contributed by atoms with van der Waals surface area (Å²) in [6, 6.07) is 3.58. The Bertz CT molecular complexity index is 576. The van der Waals surface area contributed by atoms with E-state index in [1.54, 1.807) is 6.07 Å². The molecule has 0 aliphatic carbocycles. The normalized spacial score (nSPS) is 15.5. The van der Waals surface area contributed by atoms with E-state index in [0.29, 0.717) is 12.2 Å². The summed E-state index contributed by atoms with van der Waals surface area (Å²) in [5.41, 5.74) is 0.675. The molecule has 94 valence electrons. The van der Waals surface area contributed by atoms with Crippen LogP contribution in [0.5, 0.6) is 5.75 Å². The third-order valence-corrected chi connectivity index (χ3v) is 3.13. The van der Waals surface area contributed by atoms with Gasteiger partial charge in [0.15, 0.2) is 7.11 Å². The maximum absolute atomic E-state index is 11.5. The van der Waals surface area contributed by atoms with Crippen molar-refractivity contribution in [3.8, 4) is 11.8 Å². The molecule has 0 amide bonds. The number of rotatable bonds is 2. The molecule has 18 heavy (non-hydrogen) atoms. The number of ether oxygens (including phenoxy) is 1. The molecule has 0 atom stereocenters. The van der Waals surface area contributed by atoms with Crippen molar-refractivity contribution >= 4 is 17.3 Å². The zero-order chi connectivity index (χ0) is 13.5. The van der Waals surface area contributed by atoms with Crippen molar-refractivity contribution in [3.63, 3.8) is 0 Å². The van der Waals surface area contributed by atoms with E-state index in [4.69, 9.17) is 21.6 Å². The molecule has 0 bridgehead atoms. The summed E-state index contributed by atoms with van der Waals surface area (Å²) < 4.78 is 5.70. The van der Waals surface area contributed by atoms with Crippen LogP contribution in [-0.2, 0) is 11.3 Å². The molecule has 0 aromatic heterocycles. The van der Waals surface area contributed by atoms with Crippen molar-refractivity contribution in [1.29, 1.82) is 5.26 Å². The molecule has 0 radical (unpaired) electrons. The molecule has 1 heterocycles. The Morgan fingerprint density at radius 1 is 1.61 bits per heavy atom. The van der Waals surface area contributed by atoms with E-state index >= 15 is 0 Å². The highest BCUT2D eigenvalue weighted by atomic mass is 35.5. The molecule has 0 N–H and O–H groups in total. The quantitative estimate of drug-likeness (QED) is 0.773. The van der Waals surface area contributed by atoms with E-state index in [2.05, 4.69) is 4.84 Å². The molecule has 0 saturated heterocycles. The van der Waals surface area contributed by atoms with Crippen LogP contribution in [0.2, 0.25) is 5.02 Å². The molecule has 0 saturated carbocycles. The van der Waals surface area contributed by atoms with Crippen LogP contribution in [0.4, 0.5) is 5.69 Å². The second-order valence-corrected chi connectivity index (χ2v) is 5.04. The van der Waals surface area contributed by atoms with E-state index in [0.717, 1.165) is 5.56 Å². The number of halogens is 1. The number of hydrogen-bond acceptors (Lipinski definition) is 4. The van der Waals surface area contributed by atoms with E-state index in [1.165, 1.54) is 7.11 Å². The SMILES string of the molecule is CO[N+](=O)c1cc2c(c(C#N)c1Cl)OC(C)(C)C2. The second kappa shape index (κ2) is 4.14. The smallest absolute Gasteiger partial charge is 0.337 e. The van der Waals surface area contributed by atoms with E-state index in [9.17, 15) is 4.91 Å². The van der Waals surface area contributed by atoms with Crippen LogP contribution >= 0.6 is 11.6 Å². The van der Waals surface area contributed by atoms with Gasteiger partial charge in [0, 0.05) is 18.1 Å². The van der Waals surface area contributed by atoms with E-state index in [1.807, 2.05) is 19.9 Å². The summed E-state index contributed by atoms with van der Waals surface area (Å²) >= 11 is 6.04. The summed E-state index contributed by atoms with van der Waals surface area (Å²) in [6.07, 6.45) is 0.610. The topological polar surface area (TPSA) is 62.3 Å². The van der Waals surface area contributed by atoms with Crippen LogP contribution in [0.15, 0.2) is 6.07 Å². The molecule has 1 aliphatic rings. The first-order chi connectivity index (χ1) is 8.39. The maximum Gasteiger partial charge on any atom is 0.337 e. The Kier molecular flexibility index (Phi) is 2.91. The lowest BCUT2D eigenvalue weighted by atomic mass is 10.00. The van der Waals surface area contributed by atoms with Gasteiger partial charge in [-0.3, -0.25) is 0 Å². The summed E-state index contributed by atoms with van der Waals surface area (Å²) in [4.78, 5) is 16.4. The van der Waals surface area contributed by atoms with Gasteiger partial charge >= 0.3 is 5.69 Å². The Morgan fingerprint density at radius 2 is 2.28 bits per heavy atom. The minimum Gasteiger partial charge on any atom is -0.486 e. The van der Waals surface area contributed by atoms with Gasteiger partial charge < -0.3 is 4.74 Å². The monoisotopic (exact) mass is 267 g/mol. The highest BCUT2D eigenvalue weighted by Gasteiger charge is 2.37. The van der Waals surface area contributed by atoms with Crippen LogP contribution in [0.25, 0.3) is 0 Å². The van der Waals surface area contributed by atoms with Gasteiger partial charge in [-0.25, -0.2) is 4.84 Å². The van der Waals surface area contributed by atoms with Gasteiger partial charge in [-0.1, -0.05) is 11.6 Å². The van der Waals surface area contributed by atoms with Gasteiger partial charge in [-0.05, 0) is 13.8 Å². The van der Waals surface area contributed by atoms with Crippen molar-refractivity contribution in [2.75, 3.05) is 7.11 Å². The Hall–Kier alpha value is -1.80. The van der Waals surface area contributed by atoms with E-state index in [-0.39, 0.29) is 21.2 Å². The number of hydrogen-bond donors (Lipinski definition) is 0. The lowest BCUT2D eigenvalue weighted by Crippen LogP contribution is -2.24. The molecule has 2 rings (SSSR count). The number of benzene rings is 1. The Labute approximate surface area is 109 Å². The van der Waals surface area contributed by atoms with Crippen LogP contribution in [0, 0.1) is 16.2 Å². The fourth-order valence-electron chi connectivity index (χ4n) is 2.03. The number of nitrogens with zero attached hydrogens (tertiary/aromatic N) is 2. The molecule has 5 nitrogen and oxygen atoms in total. The molecule has 0 fully saturated rings. The first-order valence-corrected chi connectivity index (χ1v) is 5.73. The fourth-order valence-corrected chi connectivity index (χ4v) is 2.28. The highest BCUT2D eigenvalue weighted by molar-refractivity contribution is 6.34. The summed E-state index contributed by atoms with van der Waals surface area (Å²) in [5.74, 6) is 0.459. The van der Waals surface area contributed by atoms with Gasteiger partial charge in [0.05, 0.1) is 4.91 Å². The second-order valence-electron chi connectivity index (χ2n) is 4.66. The Balaban J connectivity index is 2.65. The molecule has 1 aromatic rings. The first-order valence-electron chi connectivity index (χ1n) is 5.35. The van der Waals surface area contributed by atoms with Crippen molar-refractivity contribution in [2.24, 2.45) is 0 Å². The van der Waals surface area contributed by atoms with E-state index < -0.39 is 5.60 Å². The summed E-state index contributed by atoms with van der Waals surface area (Å²) in [7, 11) is 1.24. The van der Waals surface area contributed by atoms with Gasteiger partial charge in [0.1, 0.15) is 28.0 Å². The number of fused-ring (bicyclic) bond motifs is 1. The lowest BCUT2D eigenvalue weighted by molar-refractivity contribution is -0.736. The van der Waals surface area contributed by atoms with Gasteiger partial charge in [-0.2, -0.15) is 5.26 Å². The van der Waals surface area contributed by atoms with Crippen LogP contribution in [0.3, 0.4) is 0 Å². The third-order valence-electron chi connectivity index (χ3n) is 2.74. The summed E-state index contributed by atoms with van der Waals surface area (Å²) in [5, 5.41) is 9.20. The van der Waals surface area contributed by atoms with Crippen LogP contribution < -0.4 is 4.74 Å². The summed E-state index contributed by atoms with van der Waals surface area (Å²) in [6.45, 7) is 3.82. The minimum absolute atomic E-state index is 0.0470. The highest BCUT2D eigenvalue weighted by Crippen LogP contribution is 2.44. The van der Waals surface area contributed by atoms with Crippen LogP contribution in [-0.4, -0.2) is 17.6 Å². The van der Waals surface area contributed by atoms with Crippen molar-refractivity contribution < 1.29 is 14.5 Å². The average Bonchev–Trinajstić information content (AvgIpc) is 2.61. The zero-order valence-electron chi connectivity index (χ0n) is 10.3. The predicted molar refractivity (Wildman–Crippen MR) is 64.9 cm³/mol. The van der Waals surface area contributed by atoms with Crippen LogP contribution in [0.1, 0.15) is 25.0 Å². The number of nitriles is 1. The molecule has 0 unspecified atom stereocenters. The van der Waals surface area contributed by atoms with Gasteiger partial charge in [0.25, 0.3) is 4.92 Å². The van der Waals surface area contributed by atoms with Gasteiger partial charge in [0.2, 0.25) is 0 Å². The van der Waals surface area contributed by atoms with Crippen molar-refractivity contribution in [3.05, 3.63) is 27.1 Å². The largest absolute Gasteiger partial charge is 0.486 e. The Morgan fingerprint density at radius 3 is 2.83 bits per heavy atom. The minimum atomic E-state index is -0.406. The molecular formula is C12H12ClN2O3+. The fraction of sp³-hybridized carbons (Fsp3) is 0.417.